The molecule has 4 nitrogen and oxygen atoms in total. The summed E-state index contributed by atoms with van der Waals surface area (Å²) in [6.07, 6.45) is 0.857. The molecular formula is C10H19NO3. The molecule has 1 saturated heterocycles. The van der Waals surface area contributed by atoms with Crippen LogP contribution < -0.4 is 0 Å². The minimum Gasteiger partial charge on any atom is -0.395 e. The van der Waals surface area contributed by atoms with E-state index in [1.54, 1.807) is 0 Å². The summed E-state index contributed by atoms with van der Waals surface area (Å²) >= 11 is 0. The van der Waals surface area contributed by atoms with Gasteiger partial charge in [0.1, 0.15) is 0 Å². The summed E-state index contributed by atoms with van der Waals surface area (Å²) in [5, 5.41) is 8.77. The highest BCUT2D eigenvalue weighted by atomic mass is 16.5. The Bertz CT molecular complexity index is 178. The fourth-order valence-corrected chi connectivity index (χ4v) is 1.63. The summed E-state index contributed by atoms with van der Waals surface area (Å²) in [5.74, 6) is 0.334. The molecule has 4 heteroatoms. The molecule has 14 heavy (non-hydrogen) atoms. The molecule has 0 spiro atoms. The lowest BCUT2D eigenvalue weighted by Gasteiger charge is -2.19. The molecule has 1 aliphatic rings. The van der Waals surface area contributed by atoms with Crippen molar-refractivity contribution >= 4 is 5.78 Å². The van der Waals surface area contributed by atoms with Gasteiger partial charge in [0.15, 0.2) is 5.78 Å². The Morgan fingerprint density at radius 3 is 2.93 bits per heavy atom. The van der Waals surface area contributed by atoms with Gasteiger partial charge in [0.2, 0.25) is 0 Å². The Balaban J connectivity index is 2.29. The predicted octanol–water partition coefficient (Wildman–Crippen LogP) is -0.0938. The molecule has 0 bridgehead atoms. The number of ketones is 1. The van der Waals surface area contributed by atoms with Gasteiger partial charge in [-0.05, 0) is 13.0 Å². The first-order valence-electron chi connectivity index (χ1n) is 5.21. The monoisotopic (exact) mass is 201 g/mol. The van der Waals surface area contributed by atoms with Gasteiger partial charge in [-0.1, -0.05) is 6.92 Å². The first-order chi connectivity index (χ1) is 6.77. The SMILES string of the molecule is CCN(CCO)CC(=O)C1CCOC1. The molecule has 0 radical (unpaired) electrons. The summed E-state index contributed by atoms with van der Waals surface area (Å²) in [4.78, 5) is 13.6. The second kappa shape index (κ2) is 6.11. The Morgan fingerprint density at radius 1 is 1.64 bits per heavy atom. The zero-order chi connectivity index (χ0) is 10.4. The van der Waals surface area contributed by atoms with Crippen LogP contribution in [0.15, 0.2) is 0 Å². The fraction of sp³-hybridized carbons (Fsp3) is 0.900. The summed E-state index contributed by atoms with van der Waals surface area (Å²) < 4.78 is 5.16. The molecule has 1 atom stereocenters. The maximum atomic E-state index is 11.7. The van der Waals surface area contributed by atoms with Gasteiger partial charge in [0, 0.05) is 19.1 Å². The van der Waals surface area contributed by atoms with E-state index in [1.165, 1.54) is 0 Å². The van der Waals surface area contributed by atoms with E-state index in [0.29, 0.717) is 26.3 Å². The topological polar surface area (TPSA) is 49.8 Å². The van der Waals surface area contributed by atoms with Crippen molar-refractivity contribution in [2.75, 3.05) is 39.5 Å². The van der Waals surface area contributed by atoms with Crippen LogP contribution in [0.3, 0.4) is 0 Å². The third-order valence-electron chi connectivity index (χ3n) is 2.63. The highest BCUT2D eigenvalue weighted by molar-refractivity contribution is 5.83. The number of likely N-dealkylation sites (N-methyl/N-ethyl adjacent to an activating group) is 1. The van der Waals surface area contributed by atoms with Crippen LogP contribution in [0.5, 0.6) is 0 Å². The lowest BCUT2D eigenvalue weighted by Crippen LogP contribution is -2.35. The molecule has 1 aliphatic heterocycles. The highest BCUT2D eigenvalue weighted by Crippen LogP contribution is 2.13. The van der Waals surface area contributed by atoms with E-state index in [4.69, 9.17) is 9.84 Å². The number of Topliss-reactive ketones (excluding diaryl/α,β-unsaturated/α-hetero) is 1. The van der Waals surface area contributed by atoms with E-state index < -0.39 is 0 Å². The average Bonchev–Trinajstić information content (AvgIpc) is 2.69. The van der Waals surface area contributed by atoms with E-state index in [-0.39, 0.29) is 18.3 Å². The van der Waals surface area contributed by atoms with Crippen LogP contribution >= 0.6 is 0 Å². The van der Waals surface area contributed by atoms with Gasteiger partial charge in [-0.15, -0.1) is 0 Å². The van der Waals surface area contributed by atoms with Crippen molar-refractivity contribution in [3.8, 4) is 0 Å². The number of hydrogen-bond acceptors (Lipinski definition) is 4. The van der Waals surface area contributed by atoms with E-state index in [0.717, 1.165) is 13.0 Å². The largest absolute Gasteiger partial charge is 0.395 e. The van der Waals surface area contributed by atoms with Crippen molar-refractivity contribution in [2.45, 2.75) is 13.3 Å². The molecular weight excluding hydrogens is 182 g/mol. The maximum absolute atomic E-state index is 11.7. The maximum Gasteiger partial charge on any atom is 0.152 e. The first-order valence-corrected chi connectivity index (χ1v) is 5.21. The van der Waals surface area contributed by atoms with Crippen molar-refractivity contribution in [2.24, 2.45) is 5.92 Å². The number of carbonyl (C=O) groups is 1. The van der Waals surface area contributed by atoms with Crippen LogP contribution in [-0.4, -0.2) is 55.2 Å². The van der Waals surface area contributed by atoms with Gasteiger partial charge in [-0.25, -0.2) is 0 Å². The molecule has 0 aromatic heterocycles. The van der Waals surface area contributed by atoms with Crippen molar-refractivity contribution in [1.29, 1.82) is 0 Å². The van der Waals surface area contributed by atoms with Gasteiger partial charge in [-0.2, -0.15) is 0 Å². The van der Waals surface area contributed by atoms with Crippen LogP contribution in [0.1, 0.15) is 13.3 Å². The van der Waals surface area contributed by atoms with Crippen LogP contribution in [0.4, 0.5) is 0 Å². The smallest absolute Gasteiger partial charge is 0.152 e. The van der Waals surface area contributed by atoms with Crippen molar-refractivity contribution < 1.29 is 14.6 Å². The molecule has 82 valence electrons. The van der Waals surface area contributed by atoms with Crippen LogP contribution in [0, 0.1) is 5.92 Å². The summed E-state index contributed by atoms with van der Waals surface area (Å²) in [5.41, 5.74) is 0. The van der Waals surface area contributed by atoms with Crippen molar-refractivity contribution in [3.05, 3.63) is 0 Å². The molecule has 1 fully saturated rings. The molecule has 0 saturated carbocycles. The van der Waals surface area contributed by atoms with Gasteiger partial charge < -0.3 is 9.84 Å². The van der Waals surface area contributed by atoms with Gasteiger partial charge >= 0.3 is 0 Å². The van der Waals surface area contributed by atoms with Gasteiger partial charge in [0.05, 0.1) is 19.8 Å². The third-order valence-corrected chi connectivity index (χ3v) is 2.63. The van der Waals surface area contributed by atoms with Gasteiger partial charge in [-0.3, -0.25) is 9.69 Å². The lowest BCUT2D eigenvalue weighted by molar-refractivity contribution is -0.124. The number of carbonyl (C=O) groups excluding carboxylic acids is 1. The van der Waals surface area contributed by atoms with E-state index in [1.807, 2.05) is 11.8 Å². The summed E-state index contributed by atoms with van der Waals surface area (Å²) in [6.45, 7) is 5.23. The molecule has 0 amide bonds. The first kappa shape index (κ1) is 11.6. The van der Waals surface area contributed by atoms with Crippen molar-refractivity contribution in [3.63, 3.8) is 0 Å². The standard InChI is InChI=1S/C10H19NO3/c1-2-11(4-5-12)7-10(13)9-3-6-14-8-9/h9,12H,2-8H2,1H3. The fourth-order valence-electron chi connectivity index (χ4n) is 1.63. The molecule has 1 heterocycles. The normalized spacial score (nSPS) is 21.8. The second-order valence-electron chi connectivity index (χ2n) is 3.62. The Hall–Kier alpha value is -0.450. The Morgan fingerprint density at radius 2 is 2.43 bits per heavy atom. The average molecular weight is 201 g/mol. The number of nitrogens with zero attached hydrogens (tertiary/aromatic N) is 1. The minimum atomic E-state index is 0.0859. The molecule has 0 aromatic rings. The van der Waals surface area contributed by atoms with Crippen LogP contribution in [0.2, 0.25) is 0 Å². The number of aliphatic hydroxyl groups is 1. The number of aliphatic hydroxyl groups excluding tert-OH is 1. The van der Waals surface area contributed by atoms with E-state index >= 15 is 0 Å². The zero-order valence-corrected chi connectivity index (χ0v) is 8.74. The molecule has 0 aromatic carbocycles. The quantitative estimate of drug-likeness (QED) is 0.652. The second-order valence-corrected chi connectivity index (χ2v) is 3.62. The molecule has 0 aliphatic carbocycles. The number of ether oxygens (including phenoxy) is 1. The highest BCUT2D eigenvalue weighted by Gasteiger charge is 2.24. The van der Waals surface area contributed by atoms with E-state index in [9.17, 15) is 4.79 Å². The lowest BCUT2D eigenvalue weighted by atomic mass is 10.0. The molecule has 1 unspecified atom stereocenters. The van der Waals surface area contributed by atoms with Crippen LogP contribution in [0.25, 0.3) is 0 Å². The third kappa shape index (κ3) is 3.36. The Labute approximate surface area is 84.8 Å². The summed E-state index contributed by atoms with van der Waals surface area (Å²) in [6, 6.07) is 0. The van der Waals surface area contributed by atoms with Gasteiger partial charge in [0.25, 0.3) is 0 Å². The number of rotatable bonds is 6. The van der Waals surface area contributed by atoms with Crippen molar-refractivity contribution in [1.82, 2.24) is 4.90 Å². The summed E-state index contributed by atoms with van der Waals surface area (Å²) in [7, 11) is 0. The number of hydrogen-bond donors (Lipinski definition) is 1. The molecule has 1 N–H and O–H groups in total. The van der Waals surface area contributed by atoms with E-state index in [2.05, 4.69) is 0 Å². The Kier molecular flexibility index (Phi) is 5.07. The van der Waals surface area contributed by atoms with Crippen LogP contribution in [-0.2, 0) is 9.53 Å². The minimum absolute atomic E-state index is 0.0859. The zero-order valence-electron chi connectivity index (χ0n) is 8.74. The predicted molar refractivity (Wildman–Crippen MR) is 53.1 cm³/mol. The molecule has 1 rings (SSSR count).